The zero-order valence-corrected chi connectivity index (χ0v) is 30.0. The molecule has 0 bridgehead atoms. The van der Waals surface area contributed by atoms with Crippen LogP contribution in [0.1, 0.15) is 83.6 Å². The van der Waals surface area contributed by atoms with Crippen molar-refractivity contribution in [3.63, 3.8) is 0 Å². The number of aryl methyl sites for hydroxylation is 5. The van der Waals surface area contributed by atoms with Crippen molar-refractivity contribution >= 4 is 0 Å². The van der Waals surface area contributed by atoms with Gasteiger partial charge in [-0.2, -0.15) is 23.7 Å². The van der Waals surface area contributed by atoms with E-state index in [4.69, 9.17) is 20.9 Å². The van der Waals surface area contributed by atoms with Crippen LogP contribution in [0.5, 0.6) is 11.8 Å². The third-order valence-electron chi connectivity index (χ3n) is 9.80. The molecule has 0 saturated heterocycles. The van der Waals surface area contributed by atoms with Crippen molar-refractivity contribution in [1.29, 1.82) is 10.5 Å². The highest BCUT2D eigenvalue weighted by atomic mass is 19.4. The minimum atomic E-state index is -4.51. The Hall–Kier alpha value is -5.69. The number of nitrogens with one attached hydrogen (secondary N) is 2. The van der Waals surface area contributed by atoms with Crippen LogP contribution in [0, 0.1) is 69.1 Å². The number of alkyl halides is 3. The molecule has 2 aromatic heterocycles. The summed E-state index contributed by atoms with van der Waals surface area (Å²) < 4.78 is 51.5. The van der Waals surface area contributed by atoms with E-state index in [-0.39, 0.29) is 35.1 Å². The van der Waals surface area contributed by atoms with E-state index >= 15 is 0 Å². The topological polar surface area (TPSA) is 175 Å². The summed E-state index contributed by atoms with van der Waals surface area (Å²) in [5, 5.41) is 33.9. The predicted octanol–water partition coefficient (Wildman–Crippen LogP) is 7.44. The molecule has 266 valence electrons. The average Bonchev–Trinajstić information content (AvgIpc) is 3.59. The Labute approximate surface area is 294 Å². The van der Waals surface area contributed by atoms with Crippen molar-refractivity contribution < 1.29 is 22.6 Å². The summed E-state index contributed by atoms with van der Waals surface area (Å²) >= 11 is 0. The van der Waals surface area contributed by atoms with Gasteiger partial charge in [0.2, 0.25) is 23.5 Å². The highest BCUT2D eigenvalue weighted by Gasteiger charge is 2.52. The number of H-pyrrole nitrogens is 2. The Kier molecular flexibility index (Phi) is 9.24. The number of nitriles is 2. The summed E-state index contributed by atoms with van der Waals surface area (Å²) in [6, 6.07) is 14.6. The Morgan fingerprint density at radius 3 is 1.39 bits per heavy atom. The lowest BCUT2D eigenvalue weighted by molar-refractivity contribution is -0.137. The van der Waals surface area contributed by atoms with E-state index in [1.807, 2.05) is 20.8 Å². The molecule has 2 aromatic carbocycles. The quantitative estimate of drug-likeness (QED) is 0.170. The van der Waals surface area contributed by atoms with E-state index in [2.05, 4.69) is 78.4 Å². The lowest BCUT2D eigenvalue weighted by atomic mass is 9.61. The lowest BCUT2D eigenvalue weighted by Gasteiger charge is -2.41. The zero-order chi connectivity index (χ0) is 37.8. The van der Waals surface area contributed by atoms with Crippen LogP contribution in [0.4, 0.5) is 13.2 Å². The number of nitrogens with two attached hydrogens (primary N) is 2. The molecule has 2 aliphatic rings. The first-order valence-corrected chi connectivity index (χ1v) is 16.4. The minimum Gasteiger partial charge on any atom is -0.420 e. The Balaban J connectivity index is 0.000000199. The molecule has 6 N–H and O–H groups in total. The fourth-order valence-corrected chi connectivity index (χ4v) is 7.90. The molecule has 51 heavy (non-hydrogen) atoms. The summed E-state index contributed by atoms with van der Waals surface area (Å²) in [6.45, 7) is 17.3. The van der Waals surface area contributed by atoms with Crippen molar-refractivity contribution in [1.82, 2.24) is 20.4 Å². The molecule has 0 saturated carbocycles. The summed E-state index contributed by atoms with van der Waals surface area (Å²) in [4.78, 5) is 0. The number of nitrogens with zero attached hydrogens (tertiary/aromatic N) is 4. The van der Waals surface area contributed by atoms with Gasteiger partial charge in [-0.1, -0.05) is 68.7 Å². The molecule has 13 heteroatoms. The zero-order valence-electron chi connectivity index (χ0n) is 30.0. The molecule has 0 radical (unpaired) electrons. The van der Waals surface area contributed by atoms with Gasteiger partial charge >= 0.3 is 6.18 Å². The maximum atomic E-state index is 13.5. The molecule has 6 rings (SSSR count). The van der Waals surface area contributed by atoms with Gasteiger partial charge in [-0.15, -0.1) is 10.2 Å². The van der Waals surface area contributed by atoms with Crippen molar-refractivity contribution in [2.75, 3.05) is 0 Å². The minimum absolute atomic E-state index is 0.0771. The Morgan fingerprint density at radius 2 is 1.04 bits per heavy atom. The van der Waals surface area contributed by atoms with Crippen molar-refractivity contribution in [2.24, 2.45) is 23.3 Å². The standard InChI is InChI=1S/C19H19F3N4O.C19H22N4O/c1-9(2)18(12-5-10(3)6-13(7-12)19(20,21)22)14(8-23)16(24)27-17-15(18)11(4)25-26-17;1-10(2)19(14-7-11(3)6-12(4)8-14)15(9-20)17(21)24-18-16(19)13(5)22-23-18/h5-7,9H,24H2,1-4H3,(H,25,26);6-8,10H,21H2,1-5H3,(H,22,23)/t18-;19-/m01/s1. The van der Waals surface area contributed by atoms with Crippen LogP contribution in [0.3, 0.4) is 0 Å². The highest BCUT2D eigenvalue weighted by Crippen LogP contribution is 2.54. The molecule has 10 nitrogen and oxygen atoms in total. The van der Waals surface area contributed by atoms with E-state index in [1.54, 1.807) is 19.9 Å². The molecule has 0 fully saturated rings. The largest absolute Gasteiger partial charge is 0.420 e. The van der Waals surface area contributed by atoms with Crippen LogP contribution in [-0.2, 0) is 17.0 Å². The third kappa shape index (κ3) is 5.67. The van der Waals surface area contributed by atoms with Crippen LogP contribution in [0.25, 0.3) is 0 Å². The molecule has 4 aromatic rings. The number of allylic oxidation sites excluding steroid dienone is 2. The number of fused-ring (bicyclic) bond motifs is 2. The SMILES string of the molecule is Cc1cc(C(F)(F)F)cc([C@@]2(C(C)C)C(C#N)=C(N)Oc3n[nH]c(C)c32)c1.Cc1cc(C)cc([C@]2(C(C)C)C(C#N)=C(N)Oc3n[nH]c(C)c32)c1. The van der Waals surface area contributed by atoms with Crippen molar-refractivity contribution in [2.45, 2.75) is 79.3 Å². The van der Waals surface area contributed by atoms with Gasteiger partial charge in [-0.3, -0.25) is 10.2 Å². The second-order valence-corrected chi connectivity index (χ2v) is 13.9. The molecule has 0 amide bonds. The molecular formula is C38H41F3N8O2. The first kappa shape index (κ1) is 36.6. The van der Waals surface area contributed by atoms with Crippen LogP contribution in [0.15, 0.2) is 59.3 Å². The van der Waals surface area contributed by atoms with Crippen LogP contribution < -0.4 is 20.9 Å². The molecule has 0 unspecified atom stereocenters. The number of aromatic amines is 2. The normalized spacial score (nSPS) is 19.8. The fraction of sp³-hybridized carbons (Fsp3) is 0.368. The van der Waals surface area contributed by atoms with Gasteiger partial charge in [-0.25, -0.2) is 0 Å². The number of rotatable bonds is 4. The first-order valence-electron chi connectivity index (χ1n) is 16.4. The van der Waals surface area contributed by atoms with Crippen molar-refractivity contribution in [3.05, 3.63) is 115 Å². The van der Waals surface area contributed by atoms with Gasteiger partial charge in [0.25, 0.3) is 0 Å². The number of aromatic nitrogens is 4. The van der Waals surface area contributed by atoms with Gasteiger partial charge < -0.3 is 20.9 Å². The highest BCUT2D eigenvalue weighted by molar-refractivity contribution is 5.63. The van der Waals surface area contributed by atoms with Gasteiger partial charge in [0.05, 0.1) is 27.5 Å². The average molecular weight is 699 g/mol. The number of hydrogen-bond acceptors (Lipinski definition) is 8. The summed E-state index contributed by atoms with van der Waals surface area (Å²) in [5.74, 6) is 0.396. The van der Waals surface area contributed by atoms with E-state index < -0.39 is 22.6 Å². The molecule has 2 aliphatic heterocycles. The second-order valence-electron chi connectivity index (χ2n) is 13.9. The molecule has 0 spiro atoms. The fourth-order valence-electron chi connectivity index (χ4n) is 7.90. The molecular weight excluding hydrogens is 657 g/mol. The second kappa shape index (κ2) is 12.9. The van der Waals surface area contributed by atoms with Crippen LogP contribution >= 0.6 is 0 Å². The molecule has 2 atom stereocenters. The van der Waals surface area contributed by atoms with Crippen LogP contribution in [-0.4, -0.2) is 20.4 Å². The van der Waals surface area contributed by atoms with Crippen LogP contribution in [0.2, 0.25) is 0 Å². The number of halogens is 3. The van der Waals surface area contributed by atoms with E-state index in [9.17, 15) is 23.7 Å². The van der Waals surface area contributed by atoms with E-state index in [0.29, 0.717) is 33.8 Å². The number of hydrogen-bond donors (Lipinski definition) is 4. The summed E-state index contributed by atoms with van der Waals surface area (Å²) in [7, 11) is 0. The summed E-state index contributed by atoms with van der Waals surface area (Å²) in [5.41, 5.74) is 17.0. The van der Waals surface area contributed by atoms with Gasteiger partial charge in [0, 0.05) is 11.4 Å². The maximum Gasteiger partial charge on any atom is 0.416 e. The smallest absolute Gasteiger partial charge is 0.416 e. The Morgan fingerprint density at radius 1 is 0.667 bits per heavy atom. The van der Waals surface area contributed by atoms with Gasteiger partial charge in [0.15, 0.2) is 0 Å². The van der Waals surface area contributed by atoms with Gasteiger partial charge in [0.1, 0.15) is 23.3 Å². The van der Waals surface area contributed by atoms with E-state index in [1.165, 1.54) is 0 Å². The van der Waals surface area contributed by atoms with Crippen molar-refractivity contribution in [3.8, 4) is 23.9 Å². The molecule has 0 aliphatic carbocycles. The van der Waals surface area contributed by atoms with E-state index in [0.717, 1.165) is 40.1 Å². The number of benzene rings is 2. The summed E-state index contributed by atoms with van der Waals surface area (Å²) in [6.07, 6.45) is -4.51. The monoisotopic (exact) mass is 698 g/mol. The number of ether oxygens (including phenoxy) is 2. The molecule has 4 heterocycles. The first-order chi connectivity index (χ1) is 23.8. The Bertz CT molecular complexity index is 2160. The maximum absolute atomic E-state index is 13.5. The van der Waals surface area contributed by atoms with Gasteiger partial charge in [-0.05, 0) is 69.7 Å². The third-order valence-corrected chi connectivity index (χ3v) is 9.80. The predicted molar refractivity (Wildman–Crippen MR) is 185 cm³/mol. The lowest BCUT2D eigenvalue weighted by Crippen LogP contribution is -2.41.